The normalized spacial score (nSPS) is 23.1. The number of nitrogens with zero attached hydrogens (tertiary/aromatic N) is 2. The van der Waals surface area contributed by atoms with Crippen molar-refractivity contribution in [3.05, 3.63) is 0 Å². The fourth-order valence-electron chi connectivity index (χ4n) is 2.12. The van der Waals surface area contributed by atoms with E-state index in [-0.39, 0.29) is 6.09 Å². The van der Waals surface area contributed by atoms with E-state index in [1.54, 1.807) is 4.90 Å². The van der Waals surface area contributed by atoms with Gasteiger partial charge in [-0.05, 0) is 38.9 Å². The number of hydrogen-bond donors (Lipinski definition) is 0. The van der Waals surface area contributed by atoms with E-state index in [2.05, 4.69) is 4.90 Å². The molecule has 0 atom stereocenters. The molecule has 80 valence electrons. The summed E-state index contributed by atoms with van der Waals surface area (Å²) < 4.78 is 4.86. The maximum Gasteiger partial charge on any atom is 0.409 e. The van der Waals surface area contributed by atoms with Gasteiger partial charge in [0, 0.05) is 6.54 Å². The average Bonchev–Trinajstić information content (AvgIpc) is 2.78. The van der Waals surface area contributed by atoms with E-state index in [9.17, 15) is 4.79 Å². The first-order valence-electron chi connectivity index (χ1n) is 5.50. The minimum atomic E-state index is -0.133. The van der Waals surface area contributed by atoms with Crippen molar-refractivity contribution in [3.8, 4) is 0 Å². The second-order valence-electron chi connectivity index (χ2n) is 4.00. The number of likely N-dealkylation sites (tertiary alicyclic amines) is 1. The molecule has 2 aliphatic heterocycles. The number of rotatable bonds is 4. The van der Waals surface area contributed by atoms with Crippen LogP contribution in [0.1, 0.15) is 19.3 Å². The summed E-state index contributed by atoms with van der Waals surface area (Å²) in [5.74, 6) is 0. The molecule has 0 N–H and O–H groups in total. The zero-order valence-electron chi connectivity index (χ0n) is 8.57. The number of cyclic esters (lactones) is 1. The van der Waals surface area contributed by atoms with E-state index in [1.807, 2.05) is 0 Å². The lowest BCUT2D eigenvalue weighted by atomic mass is 10.3. The minimum absolute atomic E-state index is 0.133. The lowest BCUT2D eigenvalue weighted by Crippen LogP contribution is -2.29. The summed E-state index contributed by atoms with van der Waals surface area (Å²) in [6.07, 6.45) is 3.62. The quantitative estimate of drug-likeness (QED) is 0.673. The molecule has 14 heavy (non-hydrogen) atoms. The Balaban J connectivity index is 1.60. The molecule has 0 spiro atoms. The van der Waals surface area contributed by atoms with E-state index in [0.717, 1.165) is 26.1 Å². The molecular formula is C10H18N2O2. The first kappa shape index (κ1) is 9.77. The van der Waals surface area contributed by atoms with Crippen LogP contribution in [0.3, 0.4) is 0 Å². The van der Waals surface area contributed by atoms with Gasteiger partial charge in [-0.3, -0.25) is 0 Å². The van der Waals surface area contributed by atoms with Crippen LogP contribution in [0, 0.1) is 0 Å². The van der Waals surface area contributed by atoms with Crippen molar-refractivity contribution in [1.29, 1.82) is 0 Å². The van der Waals surface area contributed by atoms with Crippen LogP contribution in [0.2, 0.25) is 0 Å². The smallest absolute Gasteiger partial charge is 0.409 e. The van der Waals surface area contributed by atoms with Crippen molar-refractivity contribution < 1.29 is 9.53 Å². The first-order chi connectivity index (χ1) is 6.86. The highest BCUT2D eigenvalue weighted by Gasteiger charge is 2.21. The van der Waals surface area contributed by atoms with Gasteiger partial charge in [-0.2, -0.15) is 0 Å². The summed E-state index contributed by atoms with van der Waals surface area (Å²) in [6, 6.07) is 0. The molecule has 2 saturated heterocycles. The summed E-state index contributed by atoms with van der Waals surface area (Å²) in [5, 5.41) is 0. The van der Waals surface area contributed by atoms with Crippen molar-refractivity contribution in [3.63, 3.8) is 0 Å². The molecule has 0 radical (unpaired) electrons. The van der Waals surface area contributed by atoms with Gasteiger partial charge in [-0.15, -0.1) is 0 Å². The number of ether oxygens (including phenoxy) is 1. The lowest BCUT2D eigenvalue weighted by Gasteiger charge is -2.17. The Kier molecular flexibility index (Phi) is 3.24. The Bertz CT molecular complexity index is 202. The van der Waals surface area contributed by atoms with Crippen LogP contribution in [0.5, 0.6) is 0 Å². The Labute approximate surface area is 84.8 Å². The second kappa shape index (κ2) is 4.64. The molecule has 0 aliphatic carbocycles. The van der Waals surface area contributed by atoms with Gasteiger partial charge in [0.1, 0.15) is 6.61 Å². The van der Waals surface area contributed by atoms with Crippen LogP contribution in [0.4, 0.5) is 4.79 Å². The molecule has 2 fully saturated rings. The van der Waals surface area contributed by atoms with Gasteiger partial charge in [-0.25, -0.2) is 4.79 Å². The maximum atomic E-state index is 11.1. The molecule has 4 nitrogen and oxygen atoms in total. The molecule has 0 aromatic carbocycles. The zero-order valence-corrected chi connectivity index (χ0v) is 8.57. The Morgan fingerprint density at radius 1 is 1.14 bits per heavy atom. The van der Waals surface area contributed by atoms with Crippen LogP contribution in [0.25, 0.3) is 0 Å². The number of carbonyl (C=O) groups excluding carboxylic acids is 1. The molecule has 0 bridgehead atoms. The zero-order chi connectivity index (χ0) is 9.80. The van der Waals surface area contributed by atoms with Crippen LogP contribution in [0.15, 0.2) is 0 Å². The van der Waals surface area contributed by atoms with E-state index >= 15 is 0 Å². The summed E-state index contributed by atoms with van der Waals surface area (Å²) >= 11 is 0. The van der Waals surface area contributed by atoms with Crippen LogP contribution >= 0.6 is 0 Å². The van der Waals surface area contributed by atoms with Crippen LogP contribution in [-0.4, -0.2) is 55.2 Å². The van der Waals surface area contributed by atoms with Gasteiger partial charge >= 0.3 is 6.09 Å². The largest absolute Gasteiger partial charge is 0.448 e. The highest BCUT2D eigenvalue weighted by atomic mass is 16.6. The number of amides is 1. The Morgan fingerprint density at radius 2 is 1.93 bits per heavy atom. The molecular weight excluding hydrogens is 180 g/mol. The molecule has 0 saturated carbocycles. The molecule has 2 aliphatic rings. The number of hydrogen-bond acceptors (Lipinski definition) is 3. The minimum Gasteiger partial charge on any atom is -0.448 e. The third-order valence-corrected chi connectivity index (χ3v) is 2.95. The summed E-state index contributed by atoms with van der Waals surface area (Å²) in [6.45, 7) is 5.81. The molecule has 0 aromatic rings. The molecule has 0 aromatic heterocycles. The summed E-state index contributed by atoms with van der Waals surface area (Å²) in [7, 11) is 0. The van der Waals surface area contributed by atoms with Crippen LogP contribution in [-0.2, 0) is 4.74 Å². The van der Waals surface area contributed by atoms with Crippen molar-refractivity contribution >= 4 is 6.09 Å². The standard InChI is InChI=1S/C10H18N2O2/c13-10-12(8-9-14-10)7-3-6-11-4-1-2-5-11/h1-9H2. The molecule has 2 heterocycles. The Hall–Kier alpha value is -0.770. The molecule has 1 amide bonds. The Morgan fingerprint density at radius 3 is 2.57 bits per heavy atom. The van der Waals surface area contributed by atoms with Gasteiger partial charge in [-0.1, -0.05) is 0 Å². The van der Waals surface area contributed by atoms with E-state index in [0.29, 0.717) is 6.61 Å². The molecule has 0 unspecified atom stereocenters. The van der Waals surface area contributed by atoms with Gasteiger partial charge in [0.2, 0.25) is 0 Å². The van der Waals surface area contributed by atoms with Crippen molar-refractivity contribution in [2.24, 2.45) is 0 Å². The van der Waals surface area contributed by atoms with Crippen molar-refractivity contribution in [2.45, 2.75) is 19.3 Å². The highest BCUT2D eigenvalue weighted by Crippen LogP contribution is 2.09. The van der Waals surface area contributed by atoms with E-state index in [1.165, 1.54) is 25.9 Å². The lowest BCUT2D eigenvalue weighted by molar-refractivity contribution is 0.157. The molecule has 2 rings (SSSR count). The van der Waals surface area contributed by atoms with E-state index < -0.39 is 0 Å². The van der Waals surface area contributed by atoms with Crippen LogP contribution < -0.4 is 0 Å². The average molecular weight is 198 g/mol. The van der Waals surface area contributed by atoms with Gasteiger partial charge < -0.3 is 14.5 Å². The highest BCUT2D eigenvalue weighted by molar-refractivity contribution is 5.69. The predicted molar refractivity (Wildman–Crippen MR) is 53.2 cm³/mol. The summed E-state index contributed by atoms with van der Waals surface area (Å²) in [5.41, 5.74) is 0. The SMILES string of the molecule is O=C1OCCN1CCCN1CCCC1. The topological polar surface area (TPSA) is 32.8 Å². The second-order valence-corrected chi connectivity index (χ2v) is 4.00. The fraction of sp³-hybridized carbons (Fsp3) is 0.900. The maximum absolute atomic E-state index is 11.1. The fourth-order valence-corrected chi connectivity index (χ4v) is 2.12. The monoisotopic (exact) mass is 198 g/mol. The van der Waals surface area contributed by atoms with Gasteiger partial charge in [0.25, 0.3) is 0 Å². The molecule has 4 heteroatoms. The van der Waals surface area contributed by atoms with Crippen molar-refractivity contribution in [1.82, 2.24) is 9.80 Å². The first-order valence-corrected chi connectivity index (χ1v) is 5.50. The van der Waals surface area contributed by atoms with Gasteiger partial charge in [0.15, 0.2) is 0 Å². The number of carbonyl (C=O) groups is 1. The van der Waals surface area contributed by atoms with E-state index in [4.69, 9.17) is 4.74 Å². The third-order valence-electron chi connectivity index (χ3n) is 2.95. The van der Waals surface area contributed by atoms with Gasteiger partial charge in [0.05, 0.1) is 6.54 Å². The third kappa shape index (κ3) is 2.38. The summed E-state index contributed by atoms with van der Waals surface area (Å²) in [4.78, 5) is 15.4. The predicted octanol–water partition coefficient (Wildman–Crippen LogP) is 0.924. The van der Waals surface area contributed by atoms with Crippen molar-refractivity contribution in [2.75, 3.05) is 39.3 Å².